The van der Waals surface area contributed by atoms with Gasteiger partial charge in [-0.25, -0.2) is 4.39 Å². The highest BCUT2D eigenvalue weighted by Crippen LogP contribution is 2.24. The molecule has 0 radical (unpaired) electrons. The molecule has 1 heterocycles. The summed E-state index contributed by atoms with van der Waals surface area (Å²) in [5.74, 6) is -0.130. The van der Waals surface area contributed by atoms with Crippen LogP contribution >= 0.6 is 12.4 Å². The minimum Gasteiger partial charge on any atom is -0.382 e. The average Bonchev–Trinajstić information content (AvgIpc) is 2.36. The van der Waals surface area contributed by atoms with Gasteiger partial charge in [0.15, 0.2) is 0 Å². The van der Waals surface area contributed by atoms with Crippen LogP contribution in [0.2, 0.25) is 0 Å². The van der Waals surface area contributed by atoms with Gasteiger partial charge >= 0.3 is 0 Å². The van der Waals surface area contributed by atoms with E-state index in [0.717, 1.165) is 18.5 Å². The number of rotatable bonds is 0. The van der Waals surface area contributed by atoms with E-state index >= 15 is 0 Å². The molecular weight excluding hydrogens is 165 g/mol. The lowest BCUT2D eigenvalue weighted by molar-refractivity contribution is 0.631. The fourth-order valence-corrected chi connectivity index (χ4v) is 1.30. The molecule has 11 heavy (non-hydrogen) atoms. The van der Waals surface area contributed by atoms with Crippen LogP contribution in [0.3, 0.4) is 0 Å². The second-order valence-electron chi connectivity index (χ2n) is 2.45. The summed E-state index contributed by atoms with van der Waals surface area (Å²) in [6.45, 7) is 0.871. The van der Waals surface area contributed by atoms with Gasteiger partial charge in [0.25, 0.3) is 0 Å². The number of hydrogen-bond acceptors (Lipinski definition) is 1. The molecule has 0 aliphatic carbocycles. The van der Waals surface area contributed by atoms with E-state index in [-0.39, 0.29) is 18.2 Å². The molecule has 0 atom stereocenters. The van der Waals surface area contributed by atoms with Crippen LogP contribution in [-0.4, -0.2) is 6.54 Å². The predicted molar refractivity (Wildman–Crippen MR) is 45.8 cm³/mol. The lowest BCUT2D eigenvalue weighted by Crippen LogP contribution is -1.92. The Morgan fingerprint density at radius 3 is 2.91 bits per heavy atom. The first-order valence-corrected chi connectivity index (χ1v) is 3.39. The number of para-hydroxylation sites is 1. The third kappa shape index (κ3) is 1.31. The molecule has 1 aromatic rings. The number of hydrogen-bond donors (Lipinski definition) is 1. The zero-order valence-corrected chi connectivity index (χ0v) is 6.75. The van der Waals surface area contributed by atoms with E-state index in [1.807, 2.05) is 6.07 Å². The minimum absolute atomic E-state index is 0. The van der Waals surface area contributed by atoms with Gasteiger partial charge in [0.1, 0.15) is 5.82 Å². The summed E-state index contributed by atoms with van der Waals surface area (Å²) in [4.78, 5) is 0. The van der Waals surface area contributed by atoms with Crippen LogP contribution in [0.5, 0.6) is 0 Å². The Bertz CT molecular complexity index is 262. The zero-order chi connectivity index (χ0) is 6.97. The van der Waals surface area contributed by atoms with E-state index in [0.29, 0.717) is 5.69 Å². The summed E-state index contributed by atoms with van der Waals surface area (Å²) in [7, 11) is 0. The van der Waals surface area contributed by atoms with Crippen molar-refractivity contribution in [1.82, 2.24) is 0 Å². The quantitative estimate of drug-likeness (QED) is 0.635. The lowest BCUT2D eigenvalue weighted by Gasteiger charge is -1.98. The topological polar surface area (TPSA) is 12.0 Å². The molecule has 2 rings (SSSR count). The van der Waals surface area contributed by atoms with Crippen molar-refractivity contribution >= 4 is 18.1 Å². The van der Waals surface area contributed by atoms with Crippen LogP contribution in [-0.2, 0) is 6.42 Å². The van der Waals surface area contributed by atoms with Crippen molar-refractivity contribution in [3.63, 3.8) is 0 Å². The average molecular weight is 174 g/mol. The van der Waals surface area contributed by atoms with E-state index in [1.54, 1.807) is 6.07 Å². The van der Waals surface area contributed by atoms with Gasteiger partial charge in [-0.15, -0.1) is 12.4 Å². The lowest BCUT2D eigenvalue weighted by atomic mass is 10.2. The molecule has 1 aromatic carbocycles. The predicted octanol–water partition coefficient (Wildman–Crippen LogP) is 2.22. The van der Waals surface area contributed by atoms with Gasteiger partial charge < -0.3 is 5.32 Å². The smallest absolute Gasteiger partial charge is 0.146 e. The Labute approximate surface area is 71.0 Å². The van der Waals surface area contributed by atoms with Crippen molar-refractivity contribution in [3.05, 3.63) is 29.6 Å². The highest BCUT2D eigenvalue weighted by atomic mass is 35.5. The van der Waals surface area contributed by atoms with Crippen LogP contribution in [0, 0.1) is 5.82 Å². The first kappa shape index (κ1) is 8.34. The third-order valence-corrected chi connectivity index (χ3v) is 1.80. The molecule has 3 heteroatoms. The molecule has 1 N–H and O–H groups in total. The highest BCUT2D eigenvalue weighted by molar-refractivity contribution is 5.85. The van der Waals surface area contributed by atoms with Crippen molar-refractivity contribution in [2.75, 3.05) is 11.9 Å². The van der Waals surface area contributed by atoms with Gasteiger partial charge in [-0.3, -0.25) is 0 Å². The molecule has 0 unspecified atom stereocenters. The second kappa shape index (κ2) is 3.09. The fourth-order valence-electron chi connectivity index (χ4n) is 1.30. The van der Waals surface area contributed by atoms with Gasteiger partial charge in [-0.1, -0.05) is 12.1 Å². The summed E-state index contributed by atoms with van der Waals surface area (Å²) in [6, 6.07) is 5.19. The molecule has 0 bridgehead atoms. The van der Waals surface area contributed by atoms with Gasteiger partial charge in [0.2, 0.25) is 0 Å². The molecule has 1 aliphatic rings. The Kier molecular flexibility index (Phi) is 2.35. The van der Waals surface area contributed by atoms with Crippen LogP contribution < -0.4 is 5.32 Å². The molecule has 0 fully saturated rings. The number of halogens is 2. The number of nitrogens with one attached hydrogen (secondary N) is 1. The van der Waals surface area contributed by atoms with Crippen molar-refractivity contribution < 1.29 is 4.39 Å². The molecule has 1 aliphatic heterocycles. The Morgan fingerprint density at radius 1 is 1.36 bits per heavy atom. The minimum atomic E-state index is -0.130. The summed E-state index contributed by atoms with van der Waals surface area (Å²) < 4.78 is 12.8. The van der Waals surface area contributed by atoms with Gasteiger partial charge in [-0.2, -0.15) is 0 Å². The molecule has 0 saturated carbocycles. The van der Waals surface area contributed by atoms with E-state index in [2.05, 4.69) is 5.32 Å². The maximum atomic E-state index is 12.8. The number of fused-ring (bicyclic) bond motifs is 1. The van der Waals surface area contributed by atoms with Gasteiger partial charge in [0.05, 0.1) is 5.69 Å². The van der Waals surface area contributed by atoms with E-state index in [4.69, 9.17) is 0 Å². The maximum absolute atomic E-state index is 12.8. The molecular formula is C8H9ClFN. The number of benzene rings is 1. The Morgan fingerprint density at radius 2 is 2.18 bits per heavy atom. The standard InChI is InChI=1S/C8H8FN.ClH/c9-7-3-1-2-6-4-5-10-8(6)7;/h1-3,10H,4-5H2;1H. The van der Waals surface area contributed by atoms with Gasteiger partial charge in [0, 0.05) is 6.54 Å². The van der Waals surface area contributed by atoms with Crippen molar-refractivity contribution in [2.45, 2.75) is 6.42 Å². The maximum Gasteiger partial charge on any atom is 0.146 e. The first-order chi connectivity index (χ1) is 4.88. The normalized spacial score (nSPS) is 13.2. The van der Waals surface area contributed by atoms with E-state index in [9.17, 15) is 4.39 Å². The van der Waals surface area contributed by atoms with Crippen molar-refractivity contribution in [1.29, 1.82) is 0 Å². The van der Waals surface area contributed by atoms with E-state index < -0.39 is 0 Å². The van der Waals surface area contributed by atoms with Crippen molar-refractivity contribution in [3.8, 4) is 0 Å². The monoisotopic (exact) mass is 173 g/mol. The number of anilines is 1. The molecule has 0 amide bonds. The van der Waals surface area contributed by atoms with Gasteiger partial charge in [-0.05, 0) is 18.1 Å². The molecule has 0 aromatic heterocycles. The summed E-state index contributed by atoms with van der Waals surface area (Å²) >= 11 is 0. The van der Waals surface area contributed by atoms with Crippen LogP contribution in [0.15, 0.2) is 18.2 Å². The van der Waals surface area contributed by atoms with Crippen LogP contribution in [0.1, 0.15) is 5.56 Å². The molecule has 60 valence electrons. The molecule has 1 nitrogen and oxygen atoms in total. The largest absolute Gasteiger partial charge is 0.382 e. The second-order valence-corrected chi connectivity index (χ2v) is 2.45. The van der Waals surface area contributed by atoms with Crippen molar-refractivity contribution in [2.24, 2.45) is 0 Å². The fraction of sp³-hybridized carbons (Fsp3) is 0.250. The van der Waals surface area contributed by atoms with E-state index in [1.165, 1.54) is 6.07 Å². The first-order valence-electron chi connectivity index (χ1n) is 3.39. The highest BCUT2D eigenvalue weighted by Gasteiger charge is 2.12. The molecule has 0 saturated heterocycles. The Balaban J connectivity index is 0.000000605. The SMILES string of the molecule is Cl.Fc1cccc2c1NCC2. The Hall–Kier alpha value is -0.760. The molecule has 0 spiro atoms. The summed E-state index contributed by atoms with van der Waals surface area (Å²) in [5, 5.41) is 2.99. The zero-order valence-electron chi connectivity index (χ0n) is 5.93. The summed E-state index contributed by atoms with van der Waals surface area (Å²) in [6.07, 6.45) is 0.951. The third-order valence-electron chi connectivity index (χ3n) is 1.80. The van der Waals surface area contributed by atoms with Crippen LogP contribution in [0.25, 0.3) is 0 Å². The van der Waals surface area contributed by atoms with Crippen LogP contribution in [0.4, 0.5) is 10.1 Å². The summed E-state index contributed by atoms with van der Waals surface area (Å²) in [5.41, 5.74) is 1.79.